The van der Waals surface area contributed by atoms with Crippen LogP contribution in [0.25, 0.3) is 0 Å². The Hall–Kier alpha value is -2.64. The van der Waals surface area contributed by atoms with E-state index in [0.29, 0.717) is 27.4 Å². The third kappa shape index (κ3) is 6.19. The molecule has 0 radical (unpaired) electrons. The van der Waals surface area contributed by atoms with Crippen LogP contribution in [0.5, 0.6) is 5.75 Å². The van der Waals surface area contributed by atoms with E-state index in [9.17, 15) is 4.79 Å². The van der Waals surface area contributed by atoms with Crippen LogP contribution in [0.2, 0.25) is 20.1 Å². The van der Waals surface area contributed by atoms with Crippen LogP contribution in [0.1, 0.15) is 52.8 Å². The van der Waals surface area contributed by atoms with Crippen LogP contribution in [0.4, 0.5) is 5.82 Å². The number of aromatic nitrogens is 2. The number of furan rings is 1. The van der Waals surface area contributed by atoms with Crippen molar-refractivity contribution in [3.05, 3.63) is 97.0 Å². The number of benzene rings is 2. The molecule has 1 N–H and O–H groups in total. The lowest BCUT2D eigenvalue weighted by molar-refractivity contribution is 0.0992. The lowest BCUT2D eigenvalue weighted by Crippen LogP contribution is -2.12. The fourth-order valence-corrected chi connectivity index (χ4v) is 4.22. The second kappa shape index (κ2) is 11.2. The van der Waals surface area contributed by atoms with Crippen molar-refractivity contribution >= 4 is 58.1 Å². The molecule has 0 aliphatic carbocycles. The predicted octanol–water partition coefficient (Wildman–Crippen LogP) is 8.40. The Bertz CT molecular complexity index is 1410. The first kappa shape index (κ1) is 26.4. The Labute approximate surface area is 229 Å². The van der Waals surface area contributed by atoms with Gasteiger partial charge in [0.15, 0.2) is 11.6 Å². The number of nitrogens with zero attached hydrogens (tertiary/aromatic N) is 2. The number of amides is 1. The topological polar surface area (TPSA) is 69.3 Å². The number of aryl methyl sites for hydroxylation is 1. The molecule has 2 heterocycles. The first-order valence-electron chi connectivity index (χ1n) is 11.1. The third-order valence-electron chi connectivity index (χ3n) is 5.45. The maximum Gasteiger partial charge on any atom is 0.292 e. The summed E-state index contributed by atoms with van der Waals surface area (Å²) in [6.07, 6.45) is 1.61. The van der Waals surface area contributed by atoms with E-state index >= 15 is 0 Å². The van der Waals surface area contributed by atoms with Gasteiger partial charge in [0, 0.05) is 11.2 Å². The van der Waals surface area contributed by atoms with E-state index in [-0.39, 0.29) is 29.1 Å². The standard InChI is InChI=1S/C26H23Cl4N3O3/c1-14(2)18-10-20(28)15(3)8-24(18)35-13-17-5-7-23(36-17)26(34)31-25-22(30)12-33(32-25)11-16-4-6-19(27)21(29)9-16/h4-10,12,14H,11,13H2,1-3H3,(H,31,32,34). The van der Waals surface area contributed by atoms with Crippen LogP contribution in [0.15, 0.2) is 53.1 Å². The zero-order valence-electron chi connectivity index (χ0n) is 19.7. The highest BCUT2D eigenvalue weighted by atomic mass is 35.5. The van der Waals surface area contributed by atoms with E-state index in [1.807, 2.05) is 25.1 Å². The van der Waals surface area contributed by atoms with Crippen molar-refractivity contribution in [2.24, 2.45) is 0 Å². The SMILES string of the molecule is Cc1cc(OCc2ccc(C(=O)Nc3nn(Cc4ccc(Cl)c(Cl)c4)cc3Cl)o2)c(C(C)C)cc1Cl. The molecule has 2 aromatic heterocycles. The quantitative estimate of drug-likeness (QED) is 0.232. The van der Waals surface area contributed by atoms with E-state index in [2.05, 4.69) is 24.3 Å². The first-order valence-corrected chi connectivity index (χ1v) is 12.6. The van der Waals surface area contributed by atoms with Gasteiger partial charge in [0.2, 0.25) is 0 Å². The zero-order chi connectivity index (χ0) is 26.0. The summed E-state index contributed by atoms with van der Waals surface area (Å²) in [5.41, 5.74) is 2.81. The smallest absolute Gasteiger partial charge is 0.292 e. The second-order valence-corrected chi connectivity index (χ2v) is 10.2. The summed E-state index contributed by atoms with van der Waals surface area (Å²) in [4.78, 5) is 12.7. The van der Waals surface area contributed by atoms with Gasteiger partial charge in [0.1, 0.15) is 23.1 Å². The van der Waals surface area contributed by atoms with Crippen molar-refractivity contribution < 1.29 is 13.9 Å². The average Bonchev–Trinajstić information content (AvgIpc) is 3.43. The summed E-state index contributed by atoms with van der Waals surface area (Å²) in [7, 11) is 0. The molecule has 0 saturated carbocycles. The highest BCUT2D eigenvalue weighted by Crippen LogP contribution is 2.32. The van der Waals surface area contributed by atoms with Crippen molar-refractivity contribution in [1.29, 1.82) is 0 Å². The summed E-state index contributed by atoms with van der Waals surface area (Å²) >= 11 is 24.6. The summed E-state index contributed by atoms with van der Waals surface area (Å²) in [6.45, 7) is 6.62. The van der Waals surface area contributed by atoms with Gasteiger partial charge in [-0.2, -0.15) is 5.10 Å². The molecule has 36 heavy (non-hydrogen) atoms. The number of nitrogens with one attached hydrogen (secondary N) is 1. The van der Waals surface area contributed by atoms with Gasteiger partial charge in [-0.1, -0.05) is 66.3 Å². The minimum atomic E-state index is -0.479. The molecular weight excluding hydrogens is 544 g/mol. The van der Waals surface area contributed by atoms with Crippen molar-refractivity contribution in [2.45, 2.75) is 39.8 Å². The van der Waals surface area contributed by atoms with Crippen LogP contribution in [-0.2, 0) is 13.2 Å². The second-order valence-electron chi connectivity index (χ2n) is 8.57. The third-order valence-corrected chi connectivity index (χ3v) is 6.87. The van der Waals surface area contributed by atoms with Gasteiger partial charge in [0.05, 0.1) is 16.6 Å². The predicted molar refractivity (Wildman–Crippen MR) is 144 cm³/mol. The number of anilines is 1. The summed E-state index contributed by atoms with van der Waals surface area (Å²) in [5.74, 6) is 1.31. The molecule has 1 amide bonds. The monoisotopic (exact) mass is 565 g/mol. The van der Waals surface area contributed by atoms with Gasteiger partial charge in [-0.05, 0) is 65.9 Å². The fourth-order valence-electron chi connectivity index (χ4n) is 3.53. The molecule has 0 saturated heterocycles. The van der Waals surface area contributed by atoms with Crippen LogP contribution in [-0.4, -0.2) is 15.7 Å². The van der Waals surface area contributed by atoms with Crippen molar-refractivity contribution in [1.82, 2.24) is 9.78 Å². The molecule has 4 rings (SSSR count). The Morgan fingerprint density at radius 3 is 2.53 bits per heavy atom. The van der Waals surface area contributed by atoms with Crippen LogP contribution in [0, 0.1) is 6.92 Å². The molecule has 2 aromatic carbocycles. The molecule has 4 aromatic rings. The largest absolute Gasteiger partial charge is 0.485 e. The number of hydrogen-bond acceptors (Lipinski definition) is 4. The van der Waals surface area contributed by atoms with Gasteiger partial charge in [-0.3, -0.25) is 9.48 Å². The maximum atomic E-state index is 12.7. The summed E-state index contributed by atoms with van der Waals surface area (Å²) < 4.78 is 13.3. The fraction of sp³-hybridized carbons (Fsp3) is 0.231. The number of halogens is 4. The Balaban J connectivity index is 1.40. The number of ether oxygens (including phenoxy) is 1. The molecule has 6 nitrogen and oxygen atoms in total. The summed E-state index contributed by atoms with van der Waals surface area (Å²) in [5, 5.41) is 8.93. The molecule has 0 aliphatic rings. The lowest BCUT2D eigenvalue weighted by Gasteiger charge is -2.15. The highest BCUT2D eigenvalue weighted by Gasteiger charge is 2.17. The molecule has 0 atom stereocenters. The van der Waals surface area contributed by atoms with Crippen molar-refractivity contribution in [2.75, 3.05) is 5.32 Å². The van der Waals surface area contributed by atoms with E-state index in [1.165, 1.54) is 0 Å². The molecular formula is C26H23Cl4N3O3. The number of rotatable bonds is 8. The van der Waals surface area contributed by atoms with E-state index in [4.69, 9.17) is 55.6 Å². The highest BCUT2D eigenvalue weighted by molar-refractivity contribution is 6.42. The van der Waals surface area contributed by atoms with Gasteiger partial charge in [-0.25, -0.2) is 0 Å². The molecule has 0 aliphatic heterocycles. The van der Waals surface area contributed by atoms with Crippen molar-refractivity contribution in [3.63, 3.8) is 0 Å². The minimum Gasteiger partial charge on any atom is -0.485 e. The Morgan fingerprint density at radius 1 is 1.03 bits per heavy atom. The zero-order valence-corrected chi connectivity index (χ0v) is 22.8. The Morgan fingerprint density at radius 2 is 1.81 bits per heavy atom. The maximum absolute atomic E-state index is 12.7. The minimum absolute atomic E-state index is 0.111. The van der Waals surface area contributed by atoms with E-state index in [1.54, 1.807) is 35.1 Å². The van der Waals surface area contributed by atoms with Crippen LogP contribution in [0.3, 0.4) is 0 Å². The molecule has 10 heteroatoms. The van der Waals surface area contributed by atoms with Gasteiger partial charge >= 0.3 is 0 Å². The molecule has 0 bridgehead atoms. The average molecular weight is 567 g/mol. The number of hydrogen-bond donors (Lipinski definition) is 1. The van der Waals surface area contributed by atoms with Gasteiger partial charge < -0.3 is 14.5 Å². The number of carbonyl (C=O) groups is 1. The van der Waals surface area contributed by atoms with E-state index < -0.39 is 5.91 Å². The number of carbonyl (C=O) groups excluding carboxylic acids is 1. The van der Waals surface area contributed by atoms with Gasteiger partial charge in [0.25, 0.3) is 5.91 Å². The lowest BCUT2D eigenvalue weighted by atomic mass is 10.0. The van der Waals surface area contributed by atoms with E-state index in [0.717, 1.165) is 22.4 Å². The Kier molecular flexibility index (Phi) is 8.20. The summed E-state index contributed by atoms with van der Waals surface area (Å²) in [6, 6.07) is 12.4. The van der Waals surface area contributed by atoms with Gasteiger partial charge in [-0.15, -0.1) is 0 Å². The molecule has 0 fully saturated rings. The van der Waals surface area contributed by atoms with Crippen LogP contribution < -0.4 is 10.1 Å². The normalized spacial score (nSPS) is 11.2. The molecule has 188 valence electrons. The molecule has 0 spiro atoms. The van der Waals surface area contributed by atoms with Crippen molar-refractivity contribution in [3.8, 4) is 5.75 Å². The molecule has 0 unspecified atom stereocenters. The van der Waals surface area contributed by atoms with Crippen LogP contribution >= 0.6 is 46.4 Å². The first-order chi connectivity index (χ1) is 17.1.